The van der Waals surface area contributed by atoms with E-state index in [0.717, 1.165) is 6.42 Å². The normalized spacial score (nSPS) is 10.5. The van der Waals surface area contributed by atoms with E-state index in [1.165, 1.54) is 11.8 Å². The molecule has 1 aromatic heterocycles. The fourth-order valence-corrected chi connectivity index (χ4v) is 3.28. The Labute approximate surface area is 196 Å². The number of benzene rings is 3. The minimum atomic E-state index is -1.27. The lowest BCUT2D eigenvalue weighted by Gasteiger charge is -2.10. The van der Waals surface area contributed by atoms with Gasteiger partial charge in [0.1, 0.15) is 5.75 Å². The standard InChI is InChI=1S/C26H22N4O4/c27-24-23(26(32)33)30-22(16-28-24)18-7-4-8-19(15-18)25(31)29-20-9-11-21(12-10-20)34-14-13-17-5-2-1-3-6-17/h1-12,15-16H,13-14H2,(H2,27,28)(H,29,31)(H,32,33). The van der Waals surface area contributed by atoms with Crippen LogP contribution >= 0.6 is 0 Å². The average Bonchev–Trinajstić information content (AvgIpc) is 2.86. The molecule has 1 heterocycles. The highest BCUT2D eigenvalue weighted by Crippen LogP contribution is 2.21. The molecule has 0 saturated heterocycles. The van der Waals surface area contributed by atoms with Gasteiger partial charge in [-0.25, -0.2) is 14.8 Å². The lowest BCUT2D eigenvalue weighted by Crippen LogP contribution is -2.12. The second-order valence-corrected chi connectivity index (χ2v) is 7.44. The summed E-state index contributed by atoms with van der Waals surface area (Å²) in [6.45, 7) is 0.556. The molecule has 0 saturated carbocycles. The molecule has 0 unspecified atom stereocenters. The number of ether oxygens (including phenoxy) is 1. The number of anilines is 2. The van der Waals surface area contributed by atoms with Crippen molar-refractivity contribution in [2.24, 2.45) is 0 Å². The number of nitrogens with one attached hydrogen (secondary N) is 1. The van der Waals surface area contributed by atoms with Crippen molar-refractivity contribution in [2.75, 3.05) is 17.7 Å². The summed E-state index contributed by atoms with van der Waals surface area (Å²) in [5, 5.41) is 12.0. The summed E-state index contributed by atoms with van der Waals surface area (Å²) in [5.41, 5.74) is 8.29. The van der Waals surface area contributed by atoms with Crippen LogP contribution in [0.5, 0.6) is 5.75 Å². The Balaban J connectivity index is 1.39. The van der Waals surface area contributed by atoms with Gasteiger partial charge in [0.15, 0.2) is 11.5 Å². The molecule has 0 aliphatic rings. The van der Waals surface area contributed by atoms with Crippen molar-refractivity contribution >= 4 is 23.4 Å². The van der Waals surface area contributed by atoms with Crippen molar-refractivity contribution in [1.29, 1.82) is 0 Å². The number of hydrogen-bond donors (Lipinski definition) is 3. The van der Waals surface area contributed by atoms with Crippen LogP contribution in [0.25, 0.3) is 11.3 Å². The Kier molecular flexibility index (Phi) is 6.78. The maximum Gasteiger partial charge on any atom is 0.358 e. The maximum atomic E-state index is 12.7. The van der Waals surface area contributed by atoms with Crippen LogP contribution in [0.4, 0.5) is 11.5 Å². The molecule has 34 heavy (non-hydrogen) atoms. The van der Waals surface area contributed by atoms with Crippen molar-refractivity contribution in [1.82, 2.24) is 9.97 Å². The van der Waals surface area contributed by atoms with Gasteiger partial charge in [-0.05, 0) is 42.0 Å². The molecule has 4 aromatic rings. The Hall–Kier alpha value is -4.72. The van der Waals surface area contributed by atoms with Crippen LogP contribution in [0.1, 0.15) is 26.4 Å². The van der Waals surface area contributed by atoms with Crippen LogP contribution in [0.2, 0.25) is 0 Å². The molecule has 0 aliphatic carbocycles. The zero-order valence-corrected chi connectivity index (χ0v) is 18.1. The van der Waals surface area contributed by atoms with Crippen LogP contribution in [0.3, 0.4) is 0 Å². The molecule has 1 amide bonds. The predicted octanol–water partition coefficient (Wildman–Crippen LogP) is 4.30. The topological polar surface area (TPSA) is 127 Å². The van der Waals surface area contributed by atoms with E-state index in [4.69, 9.17) is 10.5 Å². The number of hydrogen-bond acceptors (Lipinski definition) is 6. The van der Waals surface area contributed by atoms with E-state index >= 15 is 0 Å². The molecular weight excluding hydrogens is 432 g/mol. The summed E-state index contributed by atoms with van der Waals surface area (Å²) in [5.74, 6) is -1.04. The number of amides is 1. The average molecular weight is 454 g/mol. The van der Waals surface area contributed by atoms with E-state index in [1.54, 1.807) is 48.5 Å². The molecule has 0 fully saturated rings. The lowest BCUT2D eigenvalue weighted by molar-refractivity contribution is 0.0691. The quantitative estimate of drug-likeness (QED) is 0.362. The number of aromatic carboxylic acids is 1. The van der Waals surface area contributed by atoms with Gasteiger partial charge in [0.25, 0.3) is 5.91 Å². The van der Waals surface area contributed by atoms with Crippen molar-refractivity contribution in [3.05, 3.63) is 102 Å². The van der Waals surface area contributed by atoms with E-state index in [-0.39, 0.29) is 17.4 Å². The summed E-state index contributed by atoms with van der Waals surface area (Å²) in [4.78, 5) is 32.0. The largest absolute Gasteiger partial charge is 0.493 e. The van der Waals surface area contributed by atoms with Gasteiger partial charge < -0.3 is 20.9 Å². The molecule has 3 aromatic carbocycles. The first kappa shape index (κ1) is 22.5. The number of nitrogens with two attached hydrogens (primary N) is 1. The fourth-order valence-electron chi connectivity index (χ4n) is 3.28. The minimum absolute atomic E-state index is 0.169. The van der Waals surface area contributed by atoms with Gasteiger partial charge in [0.05, 0.1) is 18.5 Å². The van der Waals surface area contributed by atoms with Crippen molar-refractivity contribution in [2.45, 2.75) is 6.42 Å². The summed E-state index contributed by atoms with van der Waals surface area (Å²) < 4.78 is 5.78. The van der Waals surface area contributed by atoms with Crippen LogP contribution in [-0.2, 0) is 6.42 Å². The molecule has 0 bridgehead atoms. The molecule has 0 atom stereocenters. The number of carbonyl (C=O) groups is 2. The first-order valence-electron chi connectivity index (χ1n) is 10.5. The Morgan fingerprint density at radius 2 is 1.74 bits per heavy atom. The lowest BCUT2D eigenvalue weighted by atomic mass is 10.1. The van der Waals surface area contributed by atoms with Crippen molar-refractivity contribution in [3.8, 4) is 17.0 Å². The first-order valence-corrected chi connectivity index (χ1v) is 10.5. The molecule has 0 aliphatic heterocycles. The number of carbonyl (C=O) groups excluding carboxylic acids is 1. The summed E-state index contributed by atoms with van der Waals surface area (Å²) >= 11 is 0. The molecule has 0 spiro atoms. The van der Waals surface area contributed by atoms with Crippen LogP contribution in [0.15, 0.2) is 85.1 Å². The molecule has 8 nitrogen and oxygen atoms in total. The highest BCUT2D eigenvalue weighted by Gasteiger charge is 2.14. The summed E-state index contributed by atoms with van der Waals surface area (Å²) in [6, 6.07) is 23.9. The van der Waals surface area contributed by atoms with Crippen molar-refractivity contribution < 1.29 is 19.4 Å². The molecular formula is C26H22N4O4. The zero-order valence-electron chi connectivity index (χ0n) is 18.1. The van der Waals surface area contributed by atoms with Gasteiger partial charge in [-0.15, -0.1) is 0 Å². The van der Waals surface area contributed by atoms with Crippen LogP contribution in [-0.4, -0.2) is 33.6 Å². The summed E-state index contributed by atoms with van der Waals surface area (Å²) in [6.07, 6.45) is 2.18. The second-order valence-electron chi connectivity index (χ2n) is 7.44. The van der Waals surface area contributed by atoms with E-state index in [1.807, 2.05) is 18.2 Å². The van der Waals surface area contributed by atoms with Gasteiger partial charge in [-0.1, -0.05) is 42.5 Å². The number of carboxylic acid groups (broad SMARTS) is 1. The molecule has 8 heteroatoms. The third-order valence-corrected chi connectivity index (χ3v) is 5.04. The monoisotopic (exact) mass is 454 g/mol. The number of aromatic nitrogens is 2. The van der Waals surface area contributed by atoms with E-state index in [9.17, 15) is 14.7 Å². The number of nitrogen functional groups attached to an aromatic ring is 1. The molecule has 0 radical (unpaired) electrons. The Morgan fingerprint density at radius 1 is 0.971 bits per heavy atom. The van der Waals surface area contributed by atoms with Gasteiger partial charge in [-0.3, -0.25) is 4.79 Å². The first-order chi connectivity index (χ1) is 16.5. The van der Waals surface area contributed by atoms with Gasteiger partial charge in [-0.2, -0.15) is 0 Å². The highest BCUT2D eigenvalue weighted by atomic mass is 16.5. The fraction of sp³-hybridized carbons (Fsp3) is 0.0769. The Morgan fingerprint density at radius 3 is 2.47 bits per heavy atom. The number of rotatable bonds is 8. The van der Waals surface area contributed by atoms with Crippen molar-refractivity contribution in [3.63, 3.8) is 0 Å². The second kappa shape index (κ2) is 10.3. The smallest absolute Gasteiger partial charge is 0.358 e. The highest BCUT2D eigenvalue weighted by molar-refractivity contribution is 6.05. The third kappa shape index (κ3) is 5.55. The molecule has 170 valence electrons. The van der Waals surface area contributed by atoms with Crippen LogP contribution in [0, 0.1) is 0 Å². The molecule has 4 N–H and O–H groups in total. The zero-order chi connectivity index (χ0) is 23.9. The van der Waals surface area contributed by atoms with Gasteiger partial charge in [0.2, 0.25) is 0 Å². The number of nitrogens with zero attached hydrogens (tertiary/aromatic N) is 2. The number of carboxylic acids is 1. The SMILES string of the molecule is Nc1ncc(-c2cccc(C(=O)Nc3ccc(OCCc4ccccc4)cc3)c2)nc1C(=O)O. The minimum Gasteiger partial charge on any atom is -0.493 e. The van der Waals surface area contributed by atoms with E-state index in [2.05, 4.69) is 27.4 Å². The van der Waals surface area contributed by atoms with E-state index in [0.29, 0.717) is 34.9 Å². The maximum absolute atomic E-state index is 12.7. The van der Waals surface area contributed by atoms with E-state index < -0.39 is 5.97 Å². The Bertz CT molecular complexity index is 1310. The van der Waals surface area contributed by atoms with Crippen LogP contribution < -0.4 is 15.8 Å². The molecule has 4 rings (SSSR count). The summed E-state index contributed by atoms with van der Waals surface area (Å²) in [7, 11) is 0. The predicted molar refractivity (Wildman–Crippen MR) is 129 cm³/mol. The van der Waals surface area contributed by atoms with Gasteiger partial charge in [0, 0.05) is 23.2 Å². The third-order valence-electron chi connectivity index (χ3n) is 5.04. The van der Waals surface area contributed by atoms with Gasteiger partial charge >= 0.3 is 5.97 Å².